The van der Waals surface area contributed by atoms with E-state index < -0.39 is 23.1 Å². The van der Waals surface area contributed by atoms with Gasteiger partial charge < -0.3 is 15.8 Å². The van der Waals surface area contributed by atoms with Crippen LogP contribution in [0.1, 0.15) is 91.7 Å². The van der Waals surface area contributed by atoms with Crippen LogP contribution in [0.15, 0.2) is 140 Å². The molecule has 4 aromatic carbocycles. The first-order chi connectivity index (χ1) is 30.4. The molecule has 2 heterocycles. The molecule has 10 nitrogen and oxygen atoms in total. The Morgan fingerprint density at radius 1 is 0.812 bits per heavy atom. The number of rotatable bonds is 16. The molecule has 5 aromatic rings. The molecule has 1 aromatic heterocycles. The van der Waals surface area contributed by atoms with Crippen molar-refractivity contribution in [1.29, 1.82) is 0 Å². The number of benzene rings is 4. The second-order valence-electron chi connectivity index (χ2n) is 16.2. The van der Waals surface area contributed by atoms with Crippen molar-refractivity contribution in [3.05, 3.63) is 173 Å². The zero-order valence-electron chi connectivity index (χ0n) is 37.4. The summed E-state index contributed by atoms with van der Waals surface area (Å²) >= 11 is 0. The van der Waals surface area contributed by atoms with E-state index in [-0.39, 0.29) is 36.3 Å². The van der Waals surface area contributed by atoms with Crippen LogP contribution in [-0.2, 0) is 37.1 Å². The minimum absolute atomic E-state index is 0.0427. The number of nitrogens with zero attached hydrogens (tertiary/aromatic N) is 3. The zero-order chi connectivity index (χ0) is 46.9. The fourth-order valence-corrected chi connectivity index (χ4v) is 7.67. The molecule has 13 heteroatoms. The molecule has 6 rings (SSSR count). The molecule has 1 aliphatic heterocycles. The highest BCUT2D eigenvalue weighted by Gasteiger charge is 2.42. The number of pyridine rings is 1. The molecule has 0 bridgehead atoms. The van der Waals surface area contributed by atoms with Crippen LogP contribution in [0.5, 0.6) is 0 Å². The lowest BCUT2D eigenvalue weighted by Crippen LogP contribution is -2.47. The Bertz CT molecular complexity index is 2180. The Kier molecular flexibility index (Phi) is 19.0. The zero-order valence-corrected chi connectivity index (χ0v) is 37.4. The fraction of sp³-hybridized carbons (Fsp3) is 0.353. The van der Waals surface area contributed by atoms with E-state index in [1.165, 1.54) is 18.0 Å². The van der Waals surface area contributed by atoms with Crippen molar-refractivity contribution < 1.29 is 37.1 Å². The van der Waals surface area contributed by atoms with Gasteiger partial charge in [0.1, 0.15) is 12.0 Å². The summed E-state index contributed by atoms with van der Waals surface area (Å²) < 4.78 is 43.3. The van der Waals surface area contributed by atoms with Crippen LogP contribution in [0.25, 0.3) is 0 Å². The topological polar surface area (TPSA) is 135 Å². The van der Waals surface area contributed by atoms with E-state index in [0.717, 1.165) is 29.8 Å². The maximum Gasteiger partial charge on any atom is 0.416 e. The molecule has 3 atom stereocenters. The Hall–Kier alpha value is -6.18. The largest absolute Gasteiger partial charge is 0.461 e. The molecule has 3 N–H and O–H groups in total. The maximum atomic E-state index is 12.7. The fourth-order valence-electron chi connectivity index (χ4n) is 7.67. The van der Waals surface area contributed by atoms with Crippen molar-refractivity contribution in [3.8, 4) is 0 Å². The molecule has 64 heavy (non-hydrogen) atoms. The van der Waals surface area contributed by atoms with Crippen LogP contribution in [0.2, 0.25) is 0 Å². The summed E-state index contributed by atoms with van der Waals surface area (Å²) in [5.74, 6) is -1.21. The molecule has 340 valence electrons. The smallest absolute Gasteiger partial charge is 0.416 e. The Morgan fingerprint density at radius 3 is 1.92 bits per heavy atom. The number of primary amides is 1. The second-order valence-corrected chi connectivity index (χ2v) is 16.2. The minimum atomic E-state index is -4.34. The molecule has 0 radical (unpaired) electrons. The molecule has 1 saturated heterocycles. The molecule has 0 saturated carbocycles. The van der Waals surface area contributed by atoms with E-state index in [0.29, 0.717) is 54.7 Å². The third-order valence-corrected chi connectivity index (χ3v) is 11.1. The van der Waals surface area contributed by atoms with Crippen molar-refractivity contribution >= 4 is 23.7 Å². The van der Waals surface area contributed by atoms with Crippen LogP contribution < -0.4 is 11.1 Å². The van der Waals surface area contributed by atoms with Crippen molar-refractivity contribution in [2.45, 2.75) is 89.5 Å². The van der Waals surface area contributed by atoms with Gasteiger partial charge in [-0.3, -0.25) is 29.2 Å². The Morgan fingerprint density at radius 2 is 1.39 bits per heavy atom. The summed E-state index contributed by atoms with van der Waals surface area (Å²) in [7, 11) is 1.54. The maximum absolute atomic E-state index is 12.7. The van der Waals surface area contributed by atoms with E-state index in [1.54, 1.807) is 36.5 Å². The monoisotopic (exact) mass is 879 g/mol. The van der Waals surface area contributed by atoms with Gasteiger partial charge in [-0.1, -0.05) is 103 Å². The highest BCUT2D eigenvalue weighted by Crippen LogP contribution is 2.35. The van der Waals surface area contributed by atoms with Crippen LogP contribution in [0.3, 0.4) is 0 Å². The first-order valence-electron chi connectivity index (χ1n) is 21.4. The number of halogens is 3. The number of esters is 1. The lowest BCUT2D eigenvalue weighted by molar-refractivity contribution is -0.138. The normalized spacial score (nSPS) is 15.2. The van der Waals surface area contributed by atoms with Gasteiger partial charge in [0.2, 0.25) is 17.7 Å². The number of ether oxygens (including phenoxy) is 1. The van der Waals surface area contributed by atoms with Gasteiger partial charge in [-0.15, -0.1) is 0 Å². The predicted molar refractivity (Wildman–Crippen MR) is 243 cm³/mol. The first-order valence-corrected chi connectivity index (χ1v) is 21.4. The van der Waals surface area contributed by atoms with Gasteiger partial charge >= 0.3 is 12.1 Å². The summed E-state index contributed by atoms with van der Waals surface area (Å²) in [5, 5.41) is 3.14. The van der Waals surface area contributed by atoms with Gasteiger partial charge in [0.25, 0.3) is 0 Å². The lowest BCUT2D eigenvalue weighted by Gasteiger charge is -2.36. The number of aromatic nitrogens is 1. The number of alkyl halides is 3. The van der Waals surface area contributed by atoms with Gasteiger partial charge in [0.05, 0.1) is 22.7 Å². The number of amides is 3. The van der Waals surface area contributed by atoms with Gasteiger partial charge in [0.15, 0.2) is 0 Å². The number of hydrogen-bond acceptors (Lipinski definition) is 8. The standard InChI is InChI=1S/C21H29N3O.C19H20F3NO2.C11H11NO2/c1-16(2)24(17(3)4)15-13-21(20(22)25,18-10-6-5-7-11-18)19-12-8-9-14-23-19;1-14(12-15-6-5-9-17(13-15)19(20,21)22)23-10-11-25-18(24)16-7-3-2-4-8-16;1-12-10(13)7-9(11(12)14)8-5-3-2-4-6-8/h5-12,14,16-17H,13,15H2,1-4H3,(H2,22,25);2-9,13-14,23H,10-12H2,1H3;2-6,9H,7H2,1H3. The molecule has 0 spiro atoms. The summed E-state index contributed by atoms with van der Waals surface area (Å²) in [6.45, 7) is 12.0. The first kappa shape index (κ1) is 50.5. The van der Waals surface area contributed by atoms with E-state index in [9.17, 15) is 32.3 Å². The number of imide groups is 1. The van der Waals surface area contributed by atoms with Crippen LogP contribution in [0.4, 0.5) is 13.2 Å². The van der Waals surface area contributed by atoms with E-state index in [1.807, 2.05) is 91.9 Å². The van der Waals surface area contributed by atoms with Crippen molar-refractivity contribution in [2.24, 2.45) is 5.73 Å². The number of carbonyl (C=O) groups is 4. The average Bonchev–Trinajstić information content (AvgIpc) is 3.54. The van der Waals surface area contributed by atoms with Crippen molar-refractivity contribution in [1.82, 2.24) is 20.1 Å². The van der Waals surface area contributed by atoms with Gasteiger partial charge in [-0.2, -0.15) is 13.2 Å². The SMILES string of the molecule is CC(C)N(CCC(C(N)=O)(c1ccccc1)c1ccccn1)C(C)C.CC(Cc1cccc(C(F)(F)F)c1)NCCOC(=O)c1ccccc1.CN1C(=O)CC(c2ccccc2)C1=O. The Balaban J connectivity index is 0.000000219. The molecule has 1 aliphatic rings. The van der Waals surface area contributed by atoms with Gasteiger partial charge in [-0.25, -0.2) is 4.79 Å². The van der Waals surface area contributed by atoms with E-state index >= 15 is 0 Å². The Labute approximate surface area is 375 Å². The molecule has 3 amide bonds. The lowest BCUT2D eigenvalue weighted by atomic mass is 9.73. The van der Waals surface area contributed by atoms with Crippen LogP contribution in [0, 0.1) is 0 Å². The molecule has 1 fully saturated rings. The van der Waals surface area contributed by atoms with Crippen LogP contribution >= 0.6 is 0 Å². The van der Waals surface area contributed by atoms with Crippen molar-refractivity contribution in [3.63, 3.8) is 0 Å². The summed E-state index contributed by atoms with van der Waals surface area (Å²) in [5.41, 5.74) is 8.03. The van der Waals surface area contributed by atoms with Gasteiger partial charge in [0, 0.05) is 50.9 Å². The number of likely N-dealkylation sites (tertiary alicyclic amines) is 1. The van der Waals surface area contributed by atoms with Crippen molar-refractivity contribution in [2.75, 3.05) is 26.7 Å². The average molecular weight is 880 g/mol. The summed E-state index contributed by atoms with van der Waals surface area (Å²) in [4.78, 5) is 55.5. The van der Waals surface area contributed by atoms with Crippen LogP contribution in [-0.4, -0.2) is 83.3 Å². The number of carbonyl (C=O) groups excluding carboxylic acids is 4. The molecule has 0 aliphatic carbocycles. The third-order valence-electron chi connectivity index (χ3n) is 11.1. The number of hydrogen-bond donors (Lipinski definition) is 2. The van der Waals surface area contributed by atoms with E-state index in [4.69, 9.17) is 10.5 Å². The number of nitrogens with two attached hydrogens (primary N) is 1. The highest BCUT2D eigenvalue weighted by atomic mass is 19.4. The molecular weight excluding hydrogens is 820 g/mol. The molecule has 3 unspecified atom stereocenters. The summed E-state index contributed by atoms with van der Waals surface area (Å²) in [6.07, 6.45) is -1.26. The molecular formula is C51H60F3N5O5. The second kappa shape index (κ2) is 24.0. The minimum Gasteiger partial charge on any atom is -0.461 e. The summed E-state index contributed by atoms with van der Waals surface area (Å²) in [6, 6.07) is 39.6. The third kappa shape index (κ3) is 14.2. The van der Waals surface area contributed by atoms with E-state index in [2.05, 4.69) is 42.9 Å². The quantitative estimate of drug-likeness (QED) is 0.0572. The van der Waals surface area contributed by atoms with Gasteiger partial charge in [-0.05, 0) is 94.5 Å². The predicted octanol–water partition coefficient (Wildman–Crippen LogP) is 8.60. The number of likely N-dealkylation sites (N-methyl/N-ethyl adjacent to an activating group) is 1. The number of nitrogens with one attached hydrogen (secondary N) is 1. The highest BCUT2D eigenvalue weighted by molar-refractivity contribution is 6.05.